The first-order valence-corrected chi connectivity index (χ1v) is 27.2. The van der Waals surface area contributed by atoms with Gasteiger partial charge in [-0.2, -0.15) is 5.10 Å². The minimum absolute atomic E-state index is 0.00400. The van der Waals surface area contributed by atoms with Crippen molar-refractivity contribution in [2.24, 2.45) is 17.6 Å². The Balaban J connectivity index is 0.804. The Labute approximate surface area is 441 Å². The molecule has 4 aliphatic heterocycles. The zero-order chi connectivity index (χ0) is 52.3. The zero-order valence-corrected chi connectivity index (χ0v) is 44.6. The molecule has 4 N–H and O–H groups in total. The Bertz CT molecular complexity index is 2750. The summed E-state index contributed by atoms with van der Waals surface area (Å²) in [7, 11) is 0. The second-order valence-electron chi connectivity index (χ2n) is 20.9. The van der Waals surface area contributed by atoms with E-state index < -0.39 is 36.0 Å². The zero-order valence-electron chi connectivity index (χ0n) is 43.0. The van der Waals surface area contributed by atoms with E-state index in [1.807, 2.05) is 44.0 Å². The Morgan fingerprint density at radius 2 is 1.73 bits per heavy atom. The fourth-order valence-corrected chi connectivity index (χ4v) is 11.8. The van der Waals surface area contributed by atoms with Crippen molar-refractivity contribution in [3.8, 4) is 11.3 Å². The van der Waals surface area contributed by atoms with Gasteiger partial charge in [0.1, 0.15) is 34.6 Å². The van der Waals surface area contributed by atoms with Gasteiger partial charge in [-0.25, -0.2) is 24.0 Å². The van der Waals surface area contributed by atoms with E-state index >= 15 is 4.39 Å². The molecule has 4 atom stereocenters. The van der Waals surface area contributed by atoms with Crippen molar-refractivity contribution in [2.45, 2.75) is 119 Å². The number of aromatic nitrogens is 8. The molecular formula is C52H69ClFN15O4S. The highest BCUT2D eigenvalue weighted by Gasteiger charge is 2.43. The lowest BCUT2D eigenvalue weighted by Gasteiger charge is -2.39. The standard InChI is InChI=1S/C52H69ClFN15O4S/c1-6-68-41(9-17-59-68)38-8-7-36(27-39(38)54)40(60-49(71)42-28-37(70)32-67(42)51(73)47(33(2)3)69-31-34(4)61-62-69)13-18-63-23-25-66(26-24-63)50(72)35-11-19-65(20-12-35)48-46(53)43(10-16-56-48)74-45-30-57-44(29-58-45)64-21-14-52(5,55)15-22-64/h7-10,16-17,27,29-31,33,35,37,40,42,47,70H,6,11-15,18-26,28,32,55H2,1-5H3,(H,60,71)/t37-,40+,42+,47+/m1/s1. The van der Waals surface area contributed by atoms with E-state index in [4.69, 9.17) is 22.3 Å². The number of likely N-dealkylation sites (tertiary alicyclic amines) is 1. The fraction of sp³-hybridized carbons (Fsp3) is 0.558. The number of hydrogen-bond acceptors (Lipinski definition) is 15. The van der Waals surface area contributed by atoms with Crippen LogP contribution in [0.1, 0.15) is 89.6 Å². The number of piperazine rings is 1. The summed E-state index contributed by atoms with van der Waals surface area (Å²) in [6.45, 7) is 16.2. The van der Waals surface area contributed by atoms with Gasteiger partial charge in [0.25, 0.3) is 0 Å². The van der Waals surface area contributed by atoms with E-state index in [1.165, 1.54) is 27.4 Å². The number of anilines is 2. The number of aryl methyl sites for hydroxylation is 2. The number of hydrogen-bond donors (Lipinski definition) is 3. The molecule has 5 aromatic rings. The van der Waals surface area contributed by atoms with Crippen LogP contribution in [0, 0.1) is 24.6 Å². The van der Waals surface area contributed by atoms with Crippen LogP contribution < -0.4 is 20.9 Å². The quantitative estimate of drug-likeness (QED) is 0.113. The molecule has 0 aliphatic carbocycles. The molecule has 19 nitrogen and oxygen atoms in total. The molecule has 4 saturated heterocycles. The van der Waals surface area contributed by atoms with Crippen molar-refractivity contribution in [1.29, 1.82) is 0 Å². The van der Waals surface area contributed by atoms with Crippen molar-refractivity contribution < 1.29 is 23.9 Å². The number of carbonyl (C=O) groups is 3. The van der Waals surface area contributed by atoms with E-state index in [0.29, 0.717) is 105 Å². The molecule has 1 aromatic carbocycles. The maximum atomic E-state index is 16.1. The third-order valence-corrected chi connectivity index (χ3v) is 16.6. The van der Waals surface area contributed by atoms with Gasteiger partial charge in [-0.15, -0.1) is 5.10 Å². The van der Waals surface area contributed by atoms with E-state index in [0.717, 1.165) is 41.7 Å². The number of aliphatic hydroxyl groups is 1. The van der Waals surface area contributed by atoms with Crippen molar-refractivity contribution in [3.05, 3.63) is 83.4 Å². The molecule has 4 aromatic heterocycles. The molecule has 0 spiro atoms. The van der Waals surface area contributed by atoms with E-state index in [-0.39, 0.29) is 42.2 Å². The van der Waals surface area contributed by atoms with Gasteiger partial charge in [-0.05, 0) is 88.6 Å². The number of halogens is 2. The maximum Gasteiger partial charge on any atom is 0.248 e. The third kappa shape index (κ3) is 12.0. The van der Waals surface area contributed by atoms with E-state index in [2.05, 4.69) is 52.3 Å². The monoisotopic (exact) mass is 1050 g/mol. The number of nitrogens with one attached hydrogen (secondary N) is 1. The highest BCUT2D eigenvalue weighted by molar-refractivity contribution is 7.99. The molecule has 0 radical (unpaired) electrons. The first-order chi connectivity index (χ1) is 35.5. The Morgan fingerprint density at radius 1 is 0.973 bits per heavy atom. The van der Waals surface area contributed by atoms with Gasteiger partial charge in [0, 0.05) is 119 Å². The maximum absolute atomic E-state index is 16.1. The molecule has 3 amide bonds. The normalized spacial score (nSPS) is 20.6. The van der Waals surface area contributed by atoms with Crippen LogP contribution in [0.15, 0.2) is 71.2 Å². The molecule has 22 heteroatoms. The molecule has 396 valence electrons. The van der Waals surface area contributed by atoms with Crippen molar-refractivity contribution in [2.75, 3.05) is 75.2 Å². The summed E-state index contributed by atoms with van der Waals surface area (Å²) in [6, 6.07) is 6.36. The molecule has 74 heavy (non-hydrogen) atoms. The number of piperidine rings is 2. The molecule has 0 unspecified atom stereocenters. The number of nitrogens with zero attached hydrogens (tertiary/aromatic N) is 13. The smallest absolute Gasteiger partial charge is 0.248 e. The van der Waals surface area contributed by atoms with Crippen LogP contribution in [0.5, 0.6) is 0 Å². The van der Waals surface area contributed by atoms with Crippen LogP contribution in [-0.2, 0) is 20.9 Å². The number of aliphatic hydroxyl groups excluding tert-OH is 1. The van der Waals surface area contributed by atoms with Gasteiger partial charge in [0.2, 0.25) is 17.7 Å². The van der Waals surface area contributed by atoms with E-state index in [1.54, 1.807) is 48.5 Å². The lowest BCUT2D eigenvalue weighted by atomic mass is 9.91. The number of nitrogens with two attached hydrogens (primary N) is 1. The predicted molar refractivity (Wildman–Crippen MR) is 281 cm³/mol. The highest BCUT2D eigenvalue weighted by atomic mass is 35.5. The number of amides is 3. The van der Waals surface area contributed by atoms with Crippen molar-refractivity contribution >= 4 is 52.7 Å². The molecule has 4 fully saturated rings. The summed E-state index contributed by atoms with van der Waals surface area (Å²) in [5.41, 5.74) is 8.46. The number of rotatable bonds is 16. The van der Waals surface area contributed by atoms with Gasteiger partial charge in [0.15, 0.2) is 0 Å². The van der Waals surface area contributed by atoms with Crippen LogP contribution in [-0.4, -0.2) is 160 Å². The van der Waals surface area contributed by atoms with Crippen LogP contribution in [0.4, 0.5) is 16.0 Å². The Kier molecular flexibility index (Phi) is 16.5. The van der Waals surface area contributed by atoms with Gasteiger partial charge >= 0.3 is 0 Å². The molecule has 8 heterocycles. The van der Waals surface area contributed by atoms with Crippen LogP contribution in [0.3, 0.4) is 0 Å². The molecule has 4 aliphatic rings. The average molecular weight is 1050 g/mol. The lowest BCUT2D eigenvalue weighted by Crippen LogP contribution is -2.52. The first kappa shape index (κ1) is 53.1. The average Bonchev–Trinajstić information content (AvgIpc) is 4.16. The number of carbonyl (C=O) groups excluding carboxylic acids is 3. The second-order valence-corrected chi connectivity index (χ2v) is 22.3. The summed E-state index contributed by atoms with van der Waals surface area (Å²) in [5, 5.41) is 27.9. The first-order valence-electron chi connectivity index (χ1n) is 26.0. The minimum Gasteiger partial charge on any atom is -0.391 e. The van der Waals surface area contributed by atoms with Crippen LogP contribution >= 0.6 is 23.4 Å². The second kappa shape index (κ2) is 23.0. The van der Waals surface area contributed by atoms with Gasteiger partial charge < -0.3 is 35.8 Å². The van der Waals surface area contributed by atoms with Crippen molar-refractivity contribution in [1.82, 2.24) is 59.7 Å². The molecule has 9 rings (SSSR count). The largest absolute Gasteiger partial charge is 0.391 e. The molecule has 0 bridgehead atoms. The Morgan fingerprint density at radius 3 is 2.39 bits per heavy atom. The Hall–Kier alpha value is -5.74. The molecule has 0 saturated carbocycles. The van der Waals surface area contributed by atoms with Crippen LogP contribution in [0.2, 0.25) is 5.02 Å². The summed E-state index contributed by atoms with van der Waals surface area (Å²) in [6.07, 6.45) is 11.5. The number of pyridine rings is 1. The molecular weight excluding hydrogens is 985 g/mol. The topological polar surface area (TPSA) is 213 Å². The summed E-state index contributed by atoms with van der Waals surface area (Å²) < 4.78 is 19.4. The van der Waals surface area contributed by atoms with Crippen LogP contribution in [0.25, 0.3) is 11.3 Å². The third-order valence-electron chi connectivity index (χ3n) is 15.1. The number of benzene rings is 1. The number of β-amino-alcohol motifs (C(OH)–C–C–N with tert-alkyl or cyclic N) is 1. The summed E-state index contributed by atoms with van der Waals surface area (Å²) >= 11 is 8.45. The predicted octanol–water partition coefficient (Wildman–Crippen LogP) is 5.38. The van der Waals surface area contributed by atoms with E-state index in [9.17, 15) is 19.5 Å². The van der Waals surface area contributed by atoms with Gasteiger partial charge in [0.05, 0.1) is 40.9 Å². The minimum atomic E-state index is -0.952. The SMILES string of the molecule is CCn1nccc1-c1ccc([C@H](CCN2CCN(C(=O)C3CCN(c4nccc(Sc5cnc(N6CCC(C)(N)CC6)cn5)c4Cl)CC3)CC2)NC(=O)[C@@H]2C[C@@H](O)CN2C(=O)[C@H](C(C)C)n2cc(C)nn2)cc1F. The van der Waals surface area contributed by atoms with Gasteiger partial charge in [-0.1, -0.05) is 48.5 Å². The lowest BCUT2D eigenvalue weighted by molar-refractivity contribution is -0.142. The van der Waals surface area contributed by atoms with Gasteiger partial charge in [-0.3, -0.25) is 24.0 Å². The van der Waals surface area contributed by atoms with Crippen molar-refractivity contribution in [3.63, 3.8) is 0 Å². The fourth-order valence-electron chi connectivity index (χ4n) is 10.7. The summed E-state index contributed by atoms with van der Waals surface area (Å²) in [4.78, 5) is 67.5. The summed E-state index contributed by atoms with van der Waals surface area (Å²) in [5.74, 6) is 0.188. The highest BCUT2D eigenvalue weighted by Crippen LogP contribution is 2.39.